The molecule has 3 heterocycles. The molecule has 1 amide bonds. The number of aliphatic carboxylic acids is 1. The number of carbonyl (C=O) groups is 2. The Morgan fingerprint density at radius 3 is 2.90 bits per heavy atom. The fourth-order valence-electron chi connectivity index (χ4n) is 2.67. The quantitative estimate of drug-likeness (QED) is 0.858. The van der Waals surface area contributed by atoms with E-state index in [2.05, 4.69) is 0 Å². The van der Waals surface area contributed by atoms with Gasteiger partial charge < -0.3 is 15.1 Å². The van der Waals surface area contributed by atoms with Gasteiger partial charge in [-0.1, -0.05) is 0 Å². The molecule has 1 saturated heterocycles. The molecule has 3 rings (SSSR count). The second-order valence-electron chi connectivity index (χ2n) is 5.06. The molecule has 1 fully saturated rings. The first kappa shape index (κ1) is 13.9. The molecule has 1 unspecified atom stereocenters. The molecule has 0 bridgehead atoms. The third-order valence-electron chi connectivity index (χ3n) is 3.66. The molecule has 7 heteroatoms. The number of aliphatic hydroxyl groups excluding tert-OH is 1. The number of aryl methyl sites for hydroxylation is 1. The second kappa shape index (κ2) is 5.38. The lowest BCUT2D eigenvalue weighted by Crippen LogP contribution is -2.40. The van der Waals surface area contributed by atoms with Crippen LogP contribution in [-0.2, 0) is 17.0 Å². The van der Waals surface area contributed by atoms with Gasteiger partial charge in [0.15, 0.2) is 0 Å². The van der Waals surface area contributed by atoms with E-state index in [4.69, 9.17) is 5.11 Å². The summed E-state index contributed by atoms with van der Waals surface area (Å²) in [4.78, 5) is 26.8. The number of carboxylic acids is 1. The number of β-amino-alcohol motifs (C(OH)–C–C–N with tert-alkyl or cyclic N) is 1. The monoisotopic (exact) mass is 313 g/mol. The maximum absolute atomic E-state index is 12.5. The highest BCUT2D eigenvalue weighted by Crippen LogP contribution is 2.33. The molecular formula is C13H15NO4S2. The predicted molar refractivity (Wildman–Crippen MR) is 77.3 cm³/mol. The van der Waals surface area contributed by atoms with Crippen molar-refractivity contribution < 1.29 is 19.8 Å². The van der Waals surface area contributed by atoms with Crippen LogP contribution in [0, 0.1) is 0 Å². The van der Waals surface area contributed by atoms with Crippen LogP contribution in [0.5, 0.6) is 0 Å². The first-order valence-electron chi connectivity index (χ1n) is 6.47. The van der Waals surface area contributed by atoms with Gasteiger partial charge >= 0.3 is 5.97 Å². The number of aliphatic hydroxyl groups is 1. The molecule has 0 aromatic carbocycles. The molecule has 0 spiro atoms. The second-order valence-corrected chi connectivity index (χ2v) is 7.30. The Morgan fingerprint density at radius 2 is 2.20 bits per heavy atom. The van der Waals surface area contributed by atoms with E-state index in [0.29, 0.717) is 4.88 Å². The van der Waals surface area contributed by atoms with E-state index in [1.807, 2.05) is 17.8 Å². The Kier molecular flexibility index (Phi) is 3.74. The van der Waals surface area contributed by atoms with Gasteiger partial charge in [-0.25, -0.2) is 4.79 Å². The summed E-state index contributed by atoms with van der Waals surface area (Å²) < 4.78 is 0. The average molecular weight is 313 g/mol. The topological polar surface area (TPSA) is 77.8 Å². The molecule has 1 aromatic heterocycles. The SMILES string of the molecule is O=C(O)[C@@H]1CC(O)CN1C(=O)c1cc2c(s1)CCSC2. The number of carbonyl (C=O) groups excluding carboxylic acids is 1. The lowest BCUT2D eigenvalue weighted by molar-refractivity contribution is -0.141. The zero-order valence-electron chi connectivity index (χ0n) is 10.7. The van der Waals surface area contributed by atoms with Crippen LogP contribution in [0.25, 0.3) is 0 Å². The number of thioether (sulfide) groups is 1. The molecule has 2 aliphatic heterocycles. The Labute approximate surface area is 124 Å². The van der Waals surface area contributed by atoms with Gasteiger partial charge in [-0.2, -0.15) is 11.8 Å². The van der Waals surface area contributed by atoms with Gasteiger partial charge in [0.2, 0.25) is 0 Å². The van der Waals surface area contributed by atoms with Crippen molar-refractivity contribution in [2.45, 2.75) is 30.7 Å². The summed E-state index contributed by atoms with van der Waals surface area (Å²) in [5, 5.41) is 18.8. The maximum atomic E-state index is 12.5. The standard InChI is InChI=1S/C13H15NO4S2/c15-8-4-9(13(17)18)14(5-8)12(16)11-3-7-6-19-2-1-10(7)20-11/h3,8-9,15H,1-2,4-6H2,(H,17,18)/t8?,9-/m0/s1. The summed E-state index contributed by atoms with van der Waals surface area (Å²) in [5.41, 5.74) is 1.20. The first-order chi connectivity index (χ1) is 9.56. The molecule has 2 aliphatic rings. The van der Waals surface area contributed by atoms with Crippen LogP contribution in [0.1, 0.15) is 26.5 Å². The van der Waals surface area contributed by atoms with Crippen LogP contribution < -0.4 is 0 Å². The minimum Gasteiger partial charge on any atom is -0.480 e. The fourth-order valence-corrected chi connectivity index (χ4v) is 4.99. The van der Waals surface area contributed by atoms with Crippen molar-refractivity contribution in [3.8, 4) is 0 Å². The zero-order chi connectivity index (χ0) is 14.3. The third-order valence-corrected chi connectivity index (χ3v) is 5.90. The Bertz CT molecular complexity index is 533. The normalized spacial score (nSPS) is 25.6. The van der Waals surface area contributed by atoms with Crippen LogP contribution in [0.3, 0.4) is 0 Å². The van der Waals surface area contributed by atoms with Crippen molar-refractivity contribution in [3.63, 3.8) is 0 Å². The number of fused-ring (bicyclic) bond motifs is 1. The average Bonchev–Trinajstić information content (AvgIpc) is 3.01. The van der Waals surface area contributed by atoms with Crippen molar-refractivity contribution in [1.82, 2.24) is 4.90 Å². The minimum atomic E-state index is -1.05. The number of carboxylic acid groups (broad SMARTS) is 1. The van der Waals surface area contributed by atoms with E-state index in [9.17, 15) is 14.7 Å². The molecule has 20 heavy (non-hydrogen) atoms. The molecule has 108 valence electrons. The van der Waals surface area contributed by atoms with Gasteiger partial charge in [0.1, 0.15) is 6.04 Å². The van der Waals surface area contributed by atoms with Crippen molar-refractivity contribution >= 4 is 35.0 Å². The van der Waals surface area contributed by atoms with E-state index in [-0.39, 0.29) is 18.9 Å². The minimum absolute atomic E-state index is 0.104. The number of likely N-dealkylation sites (tertiary alicyclic amines) is 1. The largest absolute Gasteiger partial charge is 0.480 e. The van der Waals surface area contributed by atoms with Crippen LogP contribution >= 0.6 is 23.1 Å². The molecule has 2 atom stereocenters. The van der Waals surface area contributed by atoms with Crippen molar-refractivity contribution in [2.24, 2.45) is 0 Å². The van der Waals surface area contributed by atoms with E-state index < -0.39 is 18.1 Å². The Morgan fingerprint density at radius 1 is 1.40 bits per heavy atom. The molecule has 0 radical (unpaired) electrons. The van der Waals surface area contributed by atoms with E-state index in [0.717, 1.165) is 17.9 Å². The smallest absolute Gasteiger partial charge is 0.326 e. The highest BCUT2D eigenvalue weighted by atomic mass is 32.2. The van der Waals surface area contributed by atoms with Gasteiger partial charge in [0, 0.05) is 23.6 Å². The summed E-state index contributed by atoms with van der Waals surface area (Å²) in [6.45, 7) is 0.104. The van der Waals surface area contributed by atoms with E-state index in [1.54, 1.807) is 0 Å². The summed E-state index contributed by atoms with van der Waals surface area (Å²) >= 11 is 3.31. The number of thiophene rings is 1. The zero-order valence-corrected chi connectivity index (χ0v) is 12.4. The summed E-state index contributed by atoms with van der Waals surface area (Å²) in [7, 11) is 0. The van der Waals surface area contributed by atoms with Gasteiger partial charge in [0.25, 0.3) is 5.91 Å². The lowest BCUT2D eigenvalue weighted by Gasteiger charge is -2.20. The number of hydrogen-bond donors (Lipinski definition) is 2. The van der Waals surface area contributed by atoms with Crippen molar-refractivity contribution in [2.75, 3.05) is 12.3 Å². The highest BCUT2D eigenvalue weighted by molar-refractivity contribution is 7.98. The lowest BCUT2D eigenvalue weighted by atomic mass is 10.2. The highest BCUT2D eigenvalue weighted by Gasteiger charge is 2.39. The Balaban J connectivity index is 1.84. The number of amides is 1. The Hall–Kier alpha value is -1.05. The van der Waals surface area contributed by atoms with Gasteiger partial charge in [-0.3, -0.25) is 4.79 Å². The van der Waals surface area contributed by atoms with E-state index >= 15 is 0 Å². The van der Waals surface area contributed by atoms with Crippen molar-refractivity contribution in [1.29, 1.82) is 0 Å². The van der Waals surface area contributed by atoms with Crippen LogP contribution in [0.15, 0.2) is 6.07 Å². The molecule has 1 aromatic rings. The fraction of sp³-hybridized carbons (Fsp3) is 0.538. The predicted octanol–water partition coefficient (Wildman–Crippen LogP) is 1.20. The van der Waals surface area contributed by atoms with Crippen LogP contribution in [-0.4, -0.2) is 51.4 Å². The number of hydrogen-bond acceptors (Lipinski definition) is 5. The molecular weight excluding hydrogens is 298 g/mol. The molecule has 0 saturated carbocycles. The molecule has 0 aliphatic carbocycles. The van der Waals surface area contributed by atoms with Gasteiger partial charge in [-0.05, 0) is 23.8 Å². The van der Waals surface area contributed by atoms with Gasteiger partial charge in [0.05, 0.1) is 11.0 Å². The van der Waals surface area contributed by atoms with Crippen LogP contribution in [0.2, 0.25) is 0 Å². The summed E-state index contributed by atoms with van der Waals surface area (Å²) in [6.07, 6.45) is 0.343. The van der Waals surface area contributed by atoms with Gasteiger partial charge in [-0.15, -0.1) is 11.3 Å². The van der Waals surface area contributed by atoms with Crippen LogP contribution in [0.4, 0.5) is 0 Å². The summed E-state index contributed by atoms with van der Waals surface area (Å²) in [5.74, 6) is 0.677. The molecule has 5 nitrogen and oxygen atoms in total. The maximum Gasteiger partial charge on any atom is 0.326 e. The van der Waals surface area contributed by atoms with Crippen molar-refractivity contribution in [3.05, 3.63) is 21.4 Å². The number of rotatable bonds is 2. The summed E-state index contributed by atoms with van der Waals surface area (Å²) in [6, 6.07) is 0.976. The van der Waals surface area contributed by atoms with E-state index in [1.165, 1.54) is 26.7 Å². The number of nitrogens with zero attached hydrogens (tertiary/aromatic N) is 1. The first-order valence-corrected chi connectivity index (χ1v) is 8.44. The third kappa shape index (κ3) is 2.45. The molecule has 2 N–H and O–H groups in total.